The van der Waals surface area contributed by atoms with E-state index in [1.54, 1.807) is 17.9 Å². The summed E-state index contributed by atoms with van der Waals surface area (Å²) in [6.07, 6.45) is -3.74. The average molecular weight is 358 g/mol. The van der Waals surface area contributed by atoms with Crippen molar-refractivity contribution in [1.29, 1.82) is 0 Å². The van der Waals surface area contributed by atoms with E-state index in [1.807, 2.05) is 0 Å². The third-order valence-corrected chi connectivity index (χ3v) is 3.97. The van der Waals surface area contributed by atoms with Gasteiger partial charge in [-0.15, -0.1) is 5.10 Å². The number of fused-ring (bicyclic) bond motifs is 1. The van der Waals surface area contributed by atoms with Crippen LogP contribution < -0.4 is 5.32 Å². The number of methoxy groups -OCH3 is 1. The highest BCUT2D eigenvalue weighted by Crippen LogP contribution is 2.27. The lowest BCUT2D eigenvalue weighted by Gasteiger charge is -2.31. The van der Waals surface area contributed by atoms with E-state index in [4.69, 9.17) is 0 Å². The van der Waals surface area contributed by atoms with Gasteiger partial charge < -0.3 is 15.0 Å². The maximum absolute atomic E-state index is 12.8. The summed E-state index contributed by atoms with van der Waals surface area (Å²) in [6, 6.07) is 1.61. The molecule has 0 saturated carbocycles. The number of aromatic nitrogens is 4. The van der Waals surface area contributed by atoms with Crippen LogP contribution >= 0.6 is 0 Å². The molecule has 1 aliphatic rings. The number of aryl methyl sites for hydroxylation is 1. The summed E-state index contributed by atoms with van der Waals surface area (Å²) < 4.78 is 44.2. The predicted octanol–water partition coefficient (Wildman–Crippen LogP) is 2.09. The van der Waals surface area contributed by atoms with Crippen molar-refractivity contribution < 1.29 is 22.7 Å². The van der Waals surface area contributed by atoms with Crippen molar-refractivity contribution >= 4 is 17.7 Å². The van der Waals surface area contributed by atoms with Gasteiger partial charge in [-0.05, 0) is 19.8 Å². The Morgan fingerprint density at radius 1 is 1.32 bits per heavy atom. The molecule has 8 nitrogen and oxygen atoms in total. The number of carbonyl (C=O) groups is 1. The molecule has 0 aliphatic carbocycles. The zero-order valence-corrected chi connectivity index (χ0v) is 13.7. The molecule has 0 radical (unpaired) electrons. The first-order chi connectivity index (χ1) is 11.8. The Bertz CT molecular complexity index is 783. The van der Waals surface area contributed by atoms with E-state index < -0.39 is 12.0 Å². The minimum Gasteiger partial charge on any atom is -0.453 e. The van der Waals surface area contributed by atoms with Crippen LogP contribution in [-0.4, -0.2) is 56.8 Å². The fraction of sp³-hybridized carbons (Fsp3) is 0.571. The molecule has 0 atom stereocenters. The summed E-state index contributed by atoms with van der Waals surface area (Å²) in [7, 11) is 1.33. The van der Waals surface area contributed by atoms with E-state index in [-0.39, 0.29) is 17.9 Å². The molecule has 2 aromatic heterocycles. The van der Waals surface area contributed by atoms with Crippen molar-refractivity contribution in [2.75, 3.05) is 25.5 Å². The Labute approximate surface area is 141 Å². The van der Waals surface area contributed by atoms with Crippen LogP contribution in [0.1, 0.15) is 24.4 Å². The molecule has 3 rings (SSSR count). The van der Waals surface area contributed by atoms with Crippen molar-refractivity contribution in [2.45, 2.75) is 32.0 Å². The lowest BCUT2D eigenvalue weighted by atomic mass is 10.1. The second-order valence-corrected chi connectivity index (χ2v) is 5.80. The molecule has 2 aromatic rings. The monoisotopic (exact) mass is 358 g/mol. The molecule has 1 N–H and O–H groups in total. The van der Waals surface area contributed by atoms with Gasteiger partial charge >= 0.3 is 12.3 Å². The molecule has 11 heteroatoms. The summed E-state index contributed by atoms with van der Waals surface area (Å²) in [5, 5.41) is 6.70. The van der Waals surface area contributed by atoms with Crippen LogP contribution in [0.15, 0.2) is 6.07 Å². The first-order valence-corrected chi connectivity index (χ1v) is 7.69. The molecule has 1 amide bonds. The predicted molar refractivity (Wildman–Crippen MR) is 81.1 cm³/mol. The molecule has 1 saturated heterocycles. The Hall–Kier alpha value is -2.59. The van der Waals surface area contributed by atoms with E-state index >= 15 is 0 Å². The summed E-state index contributed by atoms with van der Waals surface area (Å²) in [6.45, 7) is 2.68. The van der Waals surface area contributed by atoms with Crippen LogP contribution in [0, 0.1) is 6.92 Å². The van der Waals surface area contributed by atoms with Gasteiger partial charge in [-0.3, -0.25) is 0 Å². The Balaban J connectivity index is 1.80. The highest BCUT2D eigenvalue weighted by atomic mass is 19.4. The maximum atomic E-state index is 12.8. The van der Waals surface area contributed by atoms with Crippen molar-refractivity contribution in [3.8, 4) is 0 Å². The van der Waals surface area contributed by atoms with Gasteiger partial charge in [0.25, 0.3) is 11.6 Å². The summed E-state index contributed by atoms with van der Waals surface area (Å²) in [4.78, 5) is 20.5. The normalized spacial score (nSPS) is 16.3. The van der Waals surface area contributed by atoms with Crippen LogP contribution in [0.3, 0.4) is 0 Å². The number of piperidine rings is 1. The highest BCUT2D eigenvalue weighted by Gasteiger charge is 2.37. The lowest BCUT2D eigenvalue weighted by molar-refractivity contribution is -0.144. The standard InChI is InChI=1S/C14H17F3N6O2/c1-8-7-10(19-9-3-5-22(6-4-9)13(24)25-2)23-12(18-8)20-11(21-23)14(15,16)17/h7,9,19H,3-6H2,1-2H3. The van der Waals surface area contributed by atoms with E-state index in [1.165, 1.54) is 7.11 Å². The zero-order valence-electron chi connectivity index (χ0n) is 13.7. The number of alkyl halides is 3. The van der Waals surface area contributed by atoms with Crippen molar-refractivity contribution in [1.82, 2.24) is 24.5 Å². The van der Waals surface area contributed by atoms with Gasteiger partial charge in [0.05, 0.1) is 7.11 Å². The quantitative estimate of drug-likeness (QED) is 0.885. The fourth-order valence-electron chi connectivity index (χ4n) is 2.75. The minimum atomic E-state index is -4.63. The van der Waals surface area contributed by atoms with Gasteiger partial charge in [0.2, 0.25) is 0 Å². The Kier molecular flexibility index (Phi) is 4.39. The van der Waals surface area contributed by atoms with Gasteiger partial charge in [-0.2, -0.15) is 22.7 Å². The Morgan fingerprint density at radius 2 is 2.00 bits per heavy atom. The number of halogens is 3. The fourth-order valence-corrected chi connectivity index (χ4v) is 2.75. The number of nitrogens with zero attached hydrogens (tertiary/aromatic N) is 5. The van der Waals surface area contributed by atoms with Crippen molar-refractivity contribution in [2.24, 2.45) is 0 Å². The number of hydrogen-bond donors (Lipinski definition) is 1. The topological polar surface area (TPSA) is 84.6 Å². The van der Waals surface area contributed by atoms with Gasteiger partial charge in [0, 0.05) is 30.9 Å². The summed E-state index contributed by atoms with van der Waals surface area (Å²) in [5.41, 5.74) is 0.531. The number of carbonyl (C=O) groups excluding carboxylic acids is 1. The molecule has 1 fully saturated rings. The van der Waals surface area contributed by atoms with Gasteiger partial charge in [0.15, 0.2) is 0 Å². The van der Waals surface area contributed by atoms with Crippen molar-refractivity contribution in [3.63, 3.8) is 0 Å². The highest BCUT2D eigenvalue weighted by molar-refractivity contribution is 5.67. The number of amides is 1. The van der Waals surface area contributed by atoms with Crippen LogP contribution in [0.5, 0.6) is 0 Å². The number of ether oxygens (including phenoxy) is 1. The molecular formula is C14H17F3N6O2. The second kappa shape index (κ2) is 6.37. The smallest absolute Gasteiger partial charge is 0.453 e. The Morgan fingerprint density at radius 3 is 2.60 bits per heavy atom. The van der Waals surface area contributed by atoms with Gasteiger partial charge in [-0.25, -0.2) is 9.78 Å². The van der Waals surface area contributed by atoms with Crippen LogP contribution in [-0.2, 0) is 10.9 Å². The van der Waals surface area contributed by atoms with Crippen LogP contribution in [0.25, 0.3) is 5.78 Å². The third-order valence-electron chi connectivity index (χ3n) is 3.97. The van der Waals surface area contributed by atoms with E-state index in [0.29, 0.717) is 37.4 Å². The number of rotatable bonds is 2. The van der Waals surface area contributed by atoms with E-state index in [2.05, 4.69) is 25.1 Å². The van der Waals surface area contributed by atoms with Crippen LogP contribution in [0.2, 0.25) is 0 Å². The molecule has 0 aromatic carbocycles. The van der Waals surface area contributed by atoms with Crippen LogP contribution in [0.4, 0.5) is 23.8 Å². The van der Waals surface area contributed by atoms with Gasteiger partial charge in [-0.1, -0.05) is 0 Å². The number of anilines is 1. The first kappa shape index (κ1) is 17.2. The zero-order chi connectivity index (χ0) is 18.2. The maximum Gasteiger partial charge on any atom is 0.453 e. The second-order valence-electron chi connectivity index (χ2n) is 5.80. The first-order valence-electron chi connectivity index (χ1n) is 7.69. The molecule has 25 heavy (non-hydrogen) atoms. The van der Waals surface area contributed by atoms with E-state index in [9.17, 15) is 18.0 Å². The average Bonchev–Trinajstić information content (AvgIpc) is 2.99. The molecule has 0 spiro atoms. The molecule has 1 aliphatic heterocycles. The molecule has 3 heterocycles. The molecule has 136 valence electrons. The summed E-state index contributed by atoms with van der Waals surface area (Å²) in [5.74, 6) is -0.946. The van der Waals surface area contributed by atoms with Crippen molar-refractivity contribution in [3.05, 3.63) is 17.6 Å². The number of hydrogen-bond acceptors (Lipinski definition) is 6. The molecular weight excluding hydrogens is 341 g/mol. The number of likely N-dealkylation sites (tertiary alicyclic amines) is 1. The third kappa shape index (κ3) is 3.59. The largest absolute Gasteiger partial charge is 0.453 e. The molecule has 0 bridgehead atoms. The SMILES string of the molecule is COC(=O)N1CCC(Nc2cc(C)nc3nc(C(F)(F)F)nn23)CC1. The van der Waals surface area contributed by atoms with Gasteiger partial charge in [0.1, 0.15) is 5.82 Å². The summed E-state index contributed by atoms with van der Waals surface area (Å²) >= 11 is 0. The molecule has 0 unspecified atom stereocenters. The van der Waals surface area contributed by atoms with E-state index in [0.717, 1.165) is 4.52 Å². The lowest BCUT2D eigenvalue weighted by Crippen LogP contribution is -2.42. The minimum absolute atomic E-state index is 0.00978. The number of nitrogens with one attached hydrogen (secondary N) is 1.